The van der Waals surface area contributed by atoms with Crippen LogP contribution in [0.4, 0.5) is 10.5 Å². The van der Waals surface area contributed by atoms with Crippen LogP contribution in [-0.4, -0.2) is 40.5 Å². The minimum atomic E-state index is -0.944. The highest BCUT2D eigenvalue weighted by atomic mass is 16.6. The van der Waals surface area contributed by atoms with E-state index in [1.54, 1.807) is 25.7 Å². The molecule has 0 aliphatic heterocycles. The van der Waals surface area contributed by atoms with Crippen molar-refractivity contribution in [2.75, 3.05) is 5.32 Å². The molecule has 1 saturated carbocycles. The predicted molar refractivity (Wildman–Crippen MR) is 174 cm³/mol. The van der Waals surface area contributed by atoms with Crippen LogP contribution in [0.5, 0.6) is 0 Å². The first kappa shape index (κ1) is 30.8. The number of hydrogen-bond donors (Lipinski definition) is 2. The van der Waals surface area contributed by atoms with Crippen LogP contribution in [0.1, 0.15) is 56.8 Å². The lowest BCUT2D eigenvalue weighted by molar-refractivity contribution is -0.141. The Bertz CT molecular complexity index is 1650. The van der Waals surface area contributed by atoms with Gasteiger partial charge in [0.1, 0.15) is 17.7 Å². The number of carbonyl (C=O) groups excluding carboxylic acids is 3. The van der Waals surface area contributed by atoms with Gasteiger partial charge in [0.2, 0.25) is 5.91 Å². The Morgan fingerprint density at radius 2 is 1.57 bits per heavy atom. The maximum Gasteiger partial charge on any atom is 0.408 e. The first-order valence-corrected chi connectivity index (χ1v) is 15.2. The summed E-state index contributed by atoms with van der Waals surface area (Å²) < 4.78 is 5.56. The molecule has 0 bridgehead atoms. The van der Waals surface area contributed by atoms with Crippen molar-refractivity contribution in [1.82, 2.24) is 10.2 Å². The van der Waals surface area contributed by atoms with Crippen molar-refractivity contribution in [3.8, 4) is 0 Å². The minimum Gasteiger partial charge on any atom is -0.444 e. The number of hydrogen-bond acceptors (Lipinski definition) is 4. The molecule has 0 saturated heterocycles. The van der Waals surface area contributed by atoms with Gasteiger partial charge in [-0.15, -0.1) is 0 Å². The van der Waals surface area contributed by atoms with Crippen LogP contribution in [0.3, 0.4) is 0 Å². The van der Waals surface area contributed by atoms with Gasteiger partial charge in [-0.1, -0.05) is 97.4 Å². The first-order valence-electron chi connectivity index (χ1n) is 15.2. The number of nitrogens with zero attached hydrogens (tertiary/aromatic N) is 1. The van der Waals surface area contributed by atoms with E-state index in [0.717, 1.165) is 28.3 Å². The summed E-state index contributed by atoms with van der Waals surface area (Å²) in [7, 11) is 0. The number of anilines is 1. The summed E-state index contributed by atoms with van der Waals surface area (Å²) in [6.07, 6.45) is 0.341. The van der Waals surface area contributed by atoms with Crippen molar-refractivity contribution in [3.05, 3.63) is 114 Å². The summed E-state index contributed by atoms with van der Waals surface area (Å²) >= 11 is 0. The topological polar surface area (TPSA) is 87.7 Å². The van der Waals surface area contributed by atoms with Crippen molar-refractivity contribution in [1.29, 1.82) is 0 Å². The zero-order valence-electron chi connectivity index (χ0n) is 26.0. The second-order valence-corrected chi connectivity index (χ2v) is 12.8. The summed E-state index contributed by atoms with van der Waals surface area (Å²) in [6.45, 7) is 9.39. The van der Waals surface area contributed by atoms with Crippen molar-refractivity contribution in [2.24, 2.45) is 5.92 Å². The number of carbonyl (C=O) groups is 3. The molecule has 1 aliphatic rings. The molecule has 7 nitrogen and oxygen atoms in total. The fourth-order valence-corrected chi connectivity index (χ4v) is 5.61. The third kappa shape index (κ3) is 7.64. The zero-order valence-corrected chi connectivity index (χ0v) is 26.0. The number of aryl methyl sites for hydroxylation is 1. The van der Waals surface area contributed by atoms with Crippen molar-refractivity contribution >= 4 is 34.4 Å². The van der Waals surface area contributed by atoms with E-state index < -0.39 is 23.8 Å². The summed E-state index contributed by atoms with van der Waals surface area (Å²) in [6, 6.07) is 29.0. The number of amides is 3. The average molecular weight is 592 g/mol. The predicted octanol–water partition coefficient (Wildman–Crippen LogP) is 7.20. The van der Waals surface area contributed by atoms with Gasteiger partial charge in [-0.05, 0) is 74.1 Å². The Hall–Kier alpha value is -4.65. The molecule has 228 valence electrons. The SMILES string of the molecule is Cc1cccc(C(C(=O)Nc2ccc3ccccc3c2)N(C(=O)C(Cc2ccccc2)NC(=O)OC(C)(C)C)C2CC2C)c1. The molecule has 3 amide bonds. The number of fused-ring (bicyclic) bond motifs is 1. The van der Waals surface area contributed by atoms with Crippen molar-refractivity contribution in [2.45, 2.75) is 71.2 Å². The molecule has 7 heteroatoms. The summed E-state index contributed by atoms with van der Waals surface area (Å²) in [5, 5.41) is 8.02. The Balaban J connectivity index is 1.53. The van der Waals surface area contributed by atoms with Crippen LogP contribution in [0.15, 0.2) is 97.1 Å². The lowest BCUT2D eigenvalue weighted by Crippen LogP contribution is -2.54. The normalized spacial score (nSPS) is 17.3. The van der Waals surface area contributed by atoms with Gasteiger partial charge < -0.3 is 20.3 Å². The molecule has 1 aliphatic carbocycles. The number of ether oxygens (including phenoxy) is 1. The van der Waals surface area contributed by atoms with Gasteiger partial charge in [-0.3, -0.25) is 9.59 Å². The Labute approximate surface area is 259 Å². The Morgan fingerprint density at radius 1 is 0.886 bits per heavy atom. The van der Waals surface area contributed by atoms with Gasteiger partial charge >= 0.3 is 6.09 Å². The third-order valence-electron chi connectivity index (χ3n) is 7.85. The summed E-state index contributed by atoms with van der Waals surface area (Å²) in [4.78, 5) is 43.7. The average Bonchev–Trinajstić information content (AvgIpc) is 3.70. The molecule has 0 heterocycles. The minimum absolute atomic E-state index is 0.158. The van der Waals surface area contributed by atoms with Gasteiger partial charge in [0.05, 0.1) is 0 Å². The van der Waals surface area contributed by atoms with Gasteiger partial charge in [-0.2, -0.15) is 0 Å². The zero-order chi connectivity index (χ0) is 31.4. The number of nitrogens with one attached hydrogen (secondary N) is 2. The van der Waals surface area contributed by atoms with Crippen LogP contribution in [0.2, 0.25) is 0 Å². The number of alkyl carbamates (subject to hydrolysis) is 1. The molecule has 2 N–H and O–H groups in total. The largest absolute Gasteiger partial charge is 0.444 e. The molecule has 0 spiro atoms. The maximum atomic E-state index is 14.7. The molecule has 4 aromatic rings. The van der Waals surface area contributed by atoms with Crippen LogP contribution in [-0.2, 0) is 20.7 Å². The molecule has 44 heavy (non-hydrogen) atoms. The van der Waals surface area contributed by atoms with E-state index in [9.17, 15) is 14.4 Å². The highest BCUT2D eigenvalue weighted by Crippen LogP contribution is 2.41. The van der Waals surface area contributed by atoms with Crippen molar-refractivity contribution < 1.29 is 19.1 Å². The second kappa shape index (κ2) is 12.9. The standard InChI is InChI=1S/C37H41N3O4/c1-24-12-11-17-29(20-24)33(34(41)38-30-19-18-27-15-9-10-16-28(27)23-30)40(32-21-25(32)2)35(42)31(22-26-13-7-6-8-14-26)39-36(43)44-37(3,4)5/h6-20,23,25,31-33H,21-22H2,1-5H3,(H,38,41)(H,39,43). The van der Waals surface area contributed by atoms with E-state index in [0.29, 0.717) is 11.3 Å². The van der Waals surface area contributed by atoms with Gasteiger partial charge in [0.15, 0.2) is 0 Å². The van der Waals surface area contributed by atoms with Crippen LogP contribution >= 0.6 is 0 Å². The third-order valence-corrected chi connectivity index (χ3v) is 7.85. The maximum absolute atomic E-state index is 14.7. The molecular weight excluding hydrogens is 550 g/mol. The lowest BCUT2D eigenvalue weighted by Gasteiger charge is -2.35. The summed E-state index contributed by atoms with van der Waals surface area (Å²) in [5.41, 5.74) is 2.49. The highest BCUT2D eigenvalue weighted by molar-refractivity contribution is 6.00. The van der Waals surface area contributed by atoms with E-state index in [1.807, 2.05) is 104 Å². The fourth-order valence-electron chi connectivity index (χ4n) is 5.61. The van der Waals surface area contributed by atoms with E-state index in [-0.39, 0.29) is 30.2 Å². The molecular formula is C37H41N3O4. The molecule has 0 aromatic heterocycles. The molecule has 1 fully saturated rings. The molecule has 4 unspecified atom stereocenters. The van der Waals surface area contributed by atoms with E-state index in [4.69, 9.17) is 4.74 Å². The smallest absolute Gasteiger partial charge is 0.408 e. The quantitative estimate of drug-likeness (QED) is 0.216. The first-order chi connectivity index (χ1) is 21.0. The Morgan fingerprint density at radius 3 is 2.23 bits per heavy atom. The summed E-state index contributed by atoms with van der Waals surface area (Å²) in [5.74, 6) is -0.429. The van der Waals surface area contributed by atoms with E-state index >= 15 is 0 Å². The Kier molecular flexibility index (Phi) is 9.04. The second-order valence-electron chi connectivity index (χ2n) is 12.8. The molecule has 5 rings (SSSR count). The van der Waals surface area contributed by atoms with Gasteiger partial charge in [-0.25, -0.2) is 4.79 Å². The van der Waals surface area contributed by atoms with E-state index in [1.165, 1.54) is 0 Å². The number of rotatable bonds is 9. The van der Waals surface area contributed by atoms with Crippen LogP contribution < -0.4 is 10.6 Å². The lowest BCUT2D eigenvalue weighted by atomic mass is 9.98. The molecule has 4 aromatic carbocycles. The van der Waals surface area contributed by atoms with Crippen LogP contribution in [0, 0.1) is 12.8 Å². The monoisotopic (exact) mass is 591 g/mol. The van der Waals surface area contributed by atoms with Gasteiger partial charge in [0, 0.05) is 18.2 Å². The highest BCUT2D eigenvalue weighted by Gasteiger charge is 2.48. The fraction of sp³-hybridized carbons (Fsp3) is 0.324. The molecule has 4 atom stereocenters. The molecule has 0 radical (unpaired) electrons. The van der Waals surface area contributed by atoms with Gasteiger partial charge in [0.25, 0.3) is 5.91 Å². The van der Waals surface area contributed by atoms with Crippen LogP contribution in [0.25, 0.3) is 10.8 Å². The number of benzene rings is 4. The van der Waals surface area contributed by atoms with Crippen molar-refractivity contribution in [3.63, 3.8) is 0 Å². The van der Waals surface area contributed by atoms with E-state index in [2.05, 4.69) is 17.6 Å².